The Balaban J connectivity index is 1.88. The maximum Gasteiger partial charge on any atom is 0.0542 e. The van der Waals surface area contributed by atoms with E-state index in [9.17, 15) is 0 Å². The van der Waals surface area contributed by atoms with Gasteiger partial charge in [0.2, 0.25) is 0 Å². The van der Waals surface area contributed by atoms with E-state index in [4.69, 9.17) is 0 Å². The molecule has 0 amide bonds. The van der Waals surface area contributed by atoms with Crippen molar-refractivity contribution in [3.8, 4) is 0 Å². The molecule has 3 nitrogen and oxygen atoms in total. The number of pyridine rings is 2. The van der Waals surface area contributed by atoms with E-state index in [2.05, 4.69) is 38.1 Å². The molecule has 0 radical (unpaired) electrons. The Morgan fingerprint density at radius 1 is 1.18 bits per heavy atom. The summed E-state index contributed by atoms with van der Waals surface area (Å²) in [6.07, 6.45) is 5.52. The third-order valence-electron chi connectivity index (χ3n) is 2.55. The van der Waals surface area contributed by atoms with Crippen molar-refractivity contribution >= 4 is 15.9 Å². The SMILES string of the molecule is Cc1cnccc1CNCc1ccc(Br)cn1. The van der Waals surface area contributed by atoms with Crippen LogP contribution in [-0.4, -0.2) is 9.97 Å². The van der Waals surface area contributed by atoms with Crippen molar-refractivity contribution in [3.05, 3.63) is 58.1 Å². The minimum absolute atomic E-state index is 0.773. The molecule has 0 aliphatic heterocycles. The van der Waals surface area contributed by atoms with Gasteiger partial charge in [-0.3, -0.25) is 9.97 Å². The van der Waals surface area contributed by atoms with Crippen molar-refractivity contribution in [3.63, 3.8) is 0 Å². The Kier molecular flexibility index (Phi) is 4.23. The Hall–Kier alpha value is -1.26. The lowest BCUT2D eigenvalue weighted by Crippen LogP contribution is -2.14. The molecule has 1 N–H and O–H groups in total. The molecule has 0 fully saturated rings. The maximum atomic E-state index is 4.31. The van der Waals surface area contributed by atoms with E-state index < -0.39 is 0 Å². The van der Waals surface area contributed by atoms with Gasteiger partial charge in [-0.2, -0.15) is 0 Å². The van der Waals surface area contributed by atoms with Gasteiger partial charge in [0.15, 0.2) is 0 Å². The van der Waals surface area contributed by atoms with Crippen molar-refractivity contribution in [1.82, 2.24) is 15.3 Å². The highest BCUT2D eigenvalue weighted by atomic mass is 79.9. The summed E-state index contributed by atoms with van der Waals surface area (Å²) >= 11 is 3.37. The first-order valence-corrected chi connectivity index (χ1v) is 6.25. The minimum atomic E-state index is 0.773. The average Bonchev–Trinajstić information content (AvgIpc) is 2.34. The number of halogens is 1. The molecule has 0 spiro atoms. The van der Waals surface area contributed by atoms with E-state index in [-0.39, 0.29) is 0 Å². The van der Waals surface area contributed by atoms with Crippen LogP contribution in [0.2, 0.25) is 0 Å². The molecule has 2 aromatic heterocycles. The van der Waals surface area contributed by atoms with Gasteiger partial charge in [0, 0.05) is 36.2 Å². The molecule has 0 unspecified atom stereocenters. The van der Waals surface area contributed by atoms with Gasteiger partial charge in [-0.25, -0.2) is 0 Å². The van der Waals surface area contributed by atoms with Gasteiger partial charge in [-0.05, 0) is 52.2 Å². The average molecular weight is 292 g/mol. The van der Waals surface area contributed by atoms with E-state index in [1.165, 1.54) is 11.1 Å². The van der Waals surface area contributed by atoms with Gasteiger partial charge < -0.3 is 5.32 Å². The molecule has 0 aromatic carbocycles. The Labute approximate surface area is 109 Å². The molecule has 4 heteroatoms. The third-order valence-corrected chi connectivity index (χ3v) is 3.02. The fourth-order valence-corrected chi connectivity index (χ4v) is 1.77. The van der Waals surface area contributed by atoms with E-state index in [1.54, 1.807) is 0 Å². The summed E-state index contributed by atoms with van der Waals surface area (Å²) in [6, 6.07) is 6.05. The molecule has 0 saturated carbocycles. The van der Waals surface area contributed by atoms with Crippen LogP contribution in [0.5, 0.6) is 0 Å². The van der Waals surface area contributed by atoms with Crippen LogP contribution < -0.4 is 5.32 Å². The van der Waals surface area contributed by atoms with Crippen LogP contribution in [0, 0.1) is 6.92 Å². The second kappa shape index (κ2) is 5.89. The van der Waals surface area contributed by atoms with Crippen LogP contribution in [-0.2, 0) is 13.1 Å². The molecule has 0 bridgehead atoms. The van der Waals surface area contributed by atoms with Crippen molar-refractivity contribution < 1.29 is 0 Å². The summed E-state index contributed by atoms with van der Waals surface area (Å²) in [4.78, 5) is 8.39. The molecule has 0 aliphatic carbocycles. The Bertz CT molecular complexity index is 482. The lowest BCUT2D eigenvalue weighted by atomic mass is 10.1. The zero-order valence-corrected chi connectivity index (χ0v) is 11.2. The number of nitrogens with zero attached hydrogens (tertiary/aromatic N) is 2. The highest BCUT2D eigenvalue weighted by Gasteiger charge is 1.98. The molecular formula is C13H14BrN3. The molecule has 2 rings (SSSR count). The maximum absolute atomic E-state index is 4.31. The Morgan fingerprint density at radius 3 is 2.76 bits per heavy atom. The summed E-state index contributed by atoms with van der Waals surface area (Å²) < 4.78 is 1.01. The van der Waals surface area contributed by atoms with Gasteiger partial charge in [0.25, 0.3) is 0 Å². The molecule has 0 saturated heterocycles. The van der Waals surface area contributed by atoms with Crippen LogP contribution in [0.4, 0.5) is 0 Å². The van der Waals surface area contributed by atoms with Gasteiger partial charge in [-0.1, -0.05) is 0 Å². The predicted molar refractivity (Wildman–Crippen MR) is 71.5 cm³/mol. The predicted octanol–water partition coefficient (Wildman–Crippen LogP) is 2.84. The molecule has 88 valence electrons. The second-order valence-corrected chi connectivity index (χ2v) is 4.79. The van der Waals surface area contributed by atoms with Crippen molar-refractivity contribution in [2.75, 3.05) is 0 Å². The van der Waals surface area contributed by atoms with E-state index in [1.807, 2.05) is 36.8 Å². The highest BCUT2D eigenvalue weighted by molar-refractivity contribution is 9.10. The molecule has 0 aliphatic rings. The first-order chi connectivity index (χ1) is 8.25. The van der Waals surface area contributed by atoms with Crippen LogP contribution in [0.15, 0.2) is 41.3 Å². The number of rotatable bonds is 4. The second-order valence-electron chi connectivity index (χ2n) is 3.87. The Morgan fingerprint density at radius 2 is 2.06 bits per heavy atom. The molecule has 2 aromatic rings. The third kappa shape index (κ3) is 3.61. The standard InChI is InChI=1S/C13H14BrN3/c1-10-6-15-5-4-11(10)7-16-9-13-3-2-12(14)8-17-13/h2-6,8,16H,7,9H2,1H3. The summed E-state index contributed by atoms with van der Waals surface area (Å²) in [7, 11) is 0. The largest absolute Gasteiger partial charge is 0.307 e. The summed E-state index contributed by atoms with van der Waals surface area (Å²) in [5.74, 6) is 0. The molecule has 2 heterocycles. The van der Waals surface area contributed by atoms with Crippen LogP contribution in [0.3, 0.4) is 0 Å². The van der Waals surface area contributed by atoms with E-state index in [0.29, 0.717) is 0 Å². The molecular weight excluding hydrogens is 278 g/mol. The van der Waals surface area contributed by atoms with Gasteiger partial charge in [-0.15, -0.1) is 0 Å². The lowest BCUT2D eigenvalue weighted by Gasteiger charge is -2.06. The first kappa shape index (κ1) is 12.2. The fraction of sp³-hybridized carbons (Fsp3) is 0.231. The minimum Gasteiger partial charge on any atom is -0.307 e. The van der Waals surface area contributed by atoms with E-state index >= 15 is 0 Å². The topological polar surface area (TPSA) is 37.8 Å². The van der Waals surface area contributed by atoms with Crippen LogP contribution >= 0.6 is 15.9 Å². The quantitative estimate of drug-likeness (QED) is 0.941. The zero-order chi connectivity index (χ0) is 12.1. The number of hydrogen-bond donors (Lipinski definition) is 1. The monoisotopic (exact) mass is 291 g/mol. The lowest BCUT2D eigenvalue weighted by molar-refractivity contribution is 0.676. The van der Waals surface area contributed by atoms with Gasteiger partial charge in [0.05, 0.1) is 5.69 Å². The molecule has 17 heavy (non-hydrogen) atoms. The first-order valence-electron chi connectivity index (χ1n) is 5.46. The van der Waals surface area contributed by atoms with Crippen molar-refractivity contribution in [2.24, 2.45) is 0 Å². The summed E-state index contributed by atoms with van der Waals surface area (Å²) in [5, 5.41) is 3.37. The van der Waals surface area contributed by atoms with Crippen molar-refractivity contribution in [2.45, 2.75) is 20.0 Å². The zero-order valence-electron chi connectivity index (χ0n) is 9.65. The number of nitrogens with one attached hydrogen (secondary N) is 1. The number of hydrogen-bond acceptors (Lipinski definition) is 3. The van der Waals surface area contributed by atoms with Gasteiger partial charge in [0.1, 0.15) is 0 Å². The van der Waals surface area contributed by atoms with E-state index in [0.717, 1.165) is 23.3 Å². The number of aryl methyl sites for hydroxylation is 1. The fourth-order valence-electron chi connectivity index (χ4n) is 1.54. The summed E-state index contributed by atoms with van der Waals surface area (Å²) in [5.41, 5.74) is 3.53. The number of aromatic nitrogens is 2. The summed E-state index contributed by atoms with van der Waals surface area (Å²) in [6.45, 7) is 3.68. The highest BCUT2D eigenvalue weighted by Crippen LogP contribution is 2.08. The normalized spacial score (nSPS) is 10.5. The molecule has 0 atom stereocenters. The van der Waals surface area contributed by atoms with Crippen LogP contribution in [0.25, 0.3) is 0 Å². The van der Waals surface area contributed by atoms with Crippen molar-refractivity contribution in [1.29, 1.82) is 0 Å². The van der Waals surface area contributed by atoms with Gasteiger partial charge >= 0.3 is 0 Å². The van der Waals surface area contributed by atoms with Crippen LogP contribution in [0.1, 0.15) is 16.8 Å². The smallest absolute Gasteiger partial charge is 0.0542 e.